The fourth-order valence-electron chi connectivity index (χ4n) is 3.76. The minimum Gasteiger partial charge on any atom is -0.303 e. The van der Waals surface area contributed by atoms with Gasteiger partial charge in [-0.1, -0.05) is 36.4 Å². The van der Waals surface area contributed by atoms with Crippen LogP contribution in [0.4, 0.5) is 0 Å². The molecule has 1 aliphatic rings. The SMILES string of the molecule is Cc1cc2nnc(SCC[C@H]3CCCCN3C)n2c2ccccc12. The predicted octanol–water partition coefficient (Wildman–Crippen LogP) is 4.16. The Morgan fingerprint density at radius 2 is 2.08 bits per heavy atom. The number of aryl methyl sites for hydroxylation is 1. The van der Waals surface area contributed by atoms with Crippen molar-refractivity contribution in [3.8, 4) is 0 Å². The van der Waals surface area contributed by atoms with Crippen molar-refractivity contribution in [3.05, 3.63) is 35.9 Å². The number of benzene rings is 1. The molecule has 2 aromatic heterocycles. The molecule has 0 spiro atoms. The van der Waals surface area contributed by atoms with Gasteiger partial charge in [0.2, 0.25) is 0 Å². The zero-order valence-corrected chi connectivity index (χ0v) is 15.2. The van der Waals surface area contributed by atoms with E-state index in [2.05, 4.69) is 63.8 Å². The molecule has 0 bridgehead atoms. The lowest BCUT2D eigenvalue weighted by Crippen LogP contribution is -2.36. The number of hydrogen-bond acceptors (Lipinski definition) is 4. The van der Waals surface area contributed by atoms with Gasteiger partial charge in [-0.15, -0.1) is 10.2 Å². The van der Waals surface area contributed by atoms with Crippen LogP contribution in [0.2, 0.25) is 0 Å². The van der Waals surface area contributed by atoms with Crippen molar-refractivity contribution in [2.24, 2.45) is 0 Å². The molecule has 0 aliphatic carbocycles. The lowest BCUT2D eigenvalue weighted by atomic mass is 10.0. The summed E-state index contributed by atoms with van der Waals surface area (Å²) in [5, 5.41) is 11.1. The summed E-state index contributed by atoms with van der Waals surface area (Å²) in [6.07, 6.45) is 5.28. The predicted molar refractivity (Wildman–Crippen MR) is 101 cm³/mol. The highest BCUT2D eigenvalue weighted by molar-refractivity contribution is 7.99. The number of piperidine rings is 1. The number of nitrogens with zero attached hydrogens (tertiary/aromatic N) is 4. The van der Waals surface area contributed by atoms with Gasteiger partial charge < -0.3 is 4.90 Å². The highest BCUT2D eigenvalue weighted by Crippen LogP contribution is 2.27. The van der Waals surface area contributed by atoms with Crippen molar-refractivity contribution in [2.45, 2.75) is 43.8 Å². The van der Waals surface area contributed by atoms with Gasteiger partial charge in [0.15, 0.2) is 10.8 Å². The number of fused-ring (bicyclic) bond motifs is 3. The highest BCUT2D eigenvalue weighted by Gasteiger charge is 2.19. The molecular formula is C19H24N4S. The molecule has 1 aliphatic heterocycles. The van der Waals surface area contributed by atoms with Gasteiger partial charge in [-0.2, -0.15) is 0 Å². The number of thioether (sulfide) groups is 1. The number of aromatic nitrogens is 3. The van der Waals surface area contributed by atoms with Gasteiger partial charge in [-0.25, -0.2) is 0 Å². The molecule has 4 nitrogen and oxygen atoms in total. The van der Waals surface area contributed by atoms with Gasteiger partial charge in [0.1, 0.15) is 0 Å². The first kappa shape index (κ1) is 15.9. The van der Waals surface area contributed by atoms with Crippen molar-refractivity contribution in [1.82, 2.24) is 19.5 Å². The Bertz CT molecular complexity index is 857. The van der Waals surface area contributed by atoms with Gasteiger partial charge >= 0.3 is 0 Å². The number of pyridine rings is 1. The van der Waals surface area contributed by atoms with Crippen LogP contribution >= 0.6 is 11.8 Å². The zero-order chi connectivity index (χ0) is 16.5. The third-order valence-corrected chi connectivity index (χ3v) is 6.14. The largest absolute Gasteiger partial charge is 0.303 e. The van der Waals surface area contributed by atoms with Gasteiger partial charge in [-0.05, 0) is 57.5 Å². The maximum Gasteiger partial charge on any atom is 0.196 e. The molecule has 1 saturated heterocycles. The highest BCUT2D eigenvalue weighted by atomic mass is 32.2. The first-order valence-corrected chi connectivity index (χ1v) is 9.79. The summed E-state index contributed by atoms with van der Waals surface area (Å²) in [5.74, 6) is 1.10. The van der Waals surface area contributed by atoms with Gasteiger partial charge in [0.05, 0.1) is 5.52 Å². The van der Waals surface area contributed by atoms with E-state index in [-0.39, 0.29) is 0 Å². The van der Waals surface area contributed by atoms with Crippen LogP contribution in [0.3, 0.4) is 0 Å². The normalized spacial score (nSPS) is 19.3. The van der Waals surface area contributed by atoms with Crippen LogP contribution in [0.5, 0.6) is 0 Å². The summed E-state index contributed by atoms with van der Waals surface area (Å²) in [4.78, 5) is 2.52. The molecule has 1 fully saturated rings. The second-order valence-corrected chi connectivity index (χ2v) is 7.85. The monoisotopic (exact) mass is 340 g/mol. The summed E-state index contributed by atoms with van der Waals surface area (Å²) in [5.41, 5.74) is 3.41. The third-order valence-electron chi connectivity index (χ3n) is 5.18. The Morgan fingerprint density at radius 1 is 1.21 bits per heavy atom. The molecule has 3 aromatic rings. The fraction of sp³-hybridized carbons (Fsp3) is 0.474. The molecule has 0 saturated carbocycles. The molecule has 126 valence electrons. The van der Waals surface area contributed by atoms with Crippen LogP contribution < -0.4 is 0 Å². The summed E-state index contributed by atoms with van der Waals surface area (Å²) in [6.45, 7) is 3.38. The third kappa shape index (κ3) is 2.91. The molecule has 0 unspecified atom stereocenters. The first-order chi connectivity index (χ1) is 11.7. The second-order valence-electron chi connectivity index (χ2n) is 6.79. The Hall–Kier alpha value is -1.59. The van der Waals surface area contributed by atoms with E-state index in [0.717, 1.165) is 22.6 Å². The van der Waals surface area contributed by atoms with Crippen molar-refractivity contribution in [1.29, 1.82) is 0 Å². The second kappa shape index (κ2) is 6.73. The molecule has 0 radical (unpaired) electrons. The Morgan fingerprint density at radius 3 is 2.96 bits per heavy atom. The summed E-state index contributed by atoms with van der Waals surface area (Å²) in [6, 6.07) is 11.4. The van der Waals surface area contributed by atoms with Crippen LogP contribution in [-0.4, -0.2) is 44.9 Å². The molecular weight excluding hydrogens is 316 g/mol. The van der Waals surface area contributed by atoms with Gasteiger partial charge in [0, 0.05) is 17.2 Å². The molecule has 4 rings (SSSR count). The Labute approximate surface area is 147 Å². The van der Waals surface area contributed by atoms with Gasteiger partial charge in [-0.3, -0.25) is 4.40 Å². The Kier molecular flexibility index (Phi) is 4.46. The van der Waals surface area contributed by atoms with Gasteiger partial charge in [0.25, 0.3) is 0 Å². The minimum atomic E-state index is 0.726. The molecule has 5 heteroatoms. The smallest absolute Gasteiger partial charge is 0.196 e. The topological polar surface area (TPSA) is 33.4 Å². The minimum absolute atomic E-state index is 0.726. The van der Waals surface area contributed by atoms with Crippen LogP contribution in [-0.2, 0) is 0 Å². The first-order valence-electron chi connectivity index (χ1n) is 8.80. The van der Waals surface area contributed by atoms with Crippen molar-refractivity contribution < 1.29 is 0 Å². The van der Waals surface area contributed by atoms with Crippen LogP contribution in [0.25, 0.3) is 16.6 Å². The van der Waals surface area contributed by atoms with E-state index in [4.69, 9.17) is 0 Å². The summed E-state index contributed by atoms with van der Waals surface area (Å²) >= 11 is 1.84. The lowest BCUT2D eigenvalue weighted by molar-refractivity contribution is 0.182. The van der Waals surface area contributed by atoms with E-state index < -0.39 is 0 Å². The van der Waals surface area contributed by atoms with E-state index in [9.17, 15) is 0 Å². The average Bonchev–Trinajstić information content (AvgIpc) is 3.00. The molecule has 0 N–H and O–H groups in total. The lowest BCUT2D eigenvalue weighted by Gasteiger charge is -2.32. The van der Waals surface area contributed by atoms with Crippen LogP contribution in [0, 0.1) is 6.92 Å². The van der Waals surface area contributed by atoms with E-state index >= 15 is 0 Å². The van der Waals surface area contributed by atoms with E-state index in [1.807, 2.05) is 11.8 Å². The van der Waals surface area contributed by atoms with E-state index in [0.29, 0.717) is 0 Å². The van der Waals surface area contributed by atoms with Crippen molar-refractivity contribution in [3.63, 3.8) is 0 Å². The summed E-state index contributed by atoms with van der Waals surface area (Å²) in [7, 11) is 2.26. The number of hydrogen-bond donors (Lipinski definition) is 0. The van der Waals surface area contributed by atoms with E-state index in [1.54, 1.807) is 0 Å². The fourth-order valence-corrected chi connectivity index (χ4v) is 4.76. The van der Waals surface area contributed by atoms with Crippen LogP contribution in [0.1, 0.15) is 31.2 Å². The number of likely N-dealkylation sites (tertiary alicyclic amines) is 1. The molecule has 3 heterocycles. The number of para-hydroxylation sites is 1. The van der Waals surface area contributed by atoms with E-state index in [1.165, 1.54) is 48.7 Å². The standard InChI is InChI=1S/C19H24N4S/c1-14-13-18-20-21-19(23(18)17-9-4-3-8-16(14)17)24-12-10-15-7-5-6-11-22(15)2/h3-4,8-9,13,15H,5-7,10-12H2,1-2H3/t15-/m1/s1. The maximum absolute atomic E-state index is 4.45. The van der Waals surface area contributed by atoms with Crippen molar-refractivity contribution >= 4 is 28.3 Å². The molecule has 1 aromatic carbocycles. The zero-order valence-electron chi connectivity index (χ0n) is 14.4. The maximum atomic E-state index is 4.45. The Balaban J connectivity index is 1.57. The summed E-state index contributed by atoms with van der Waals surface area (Å²) < 4.78 is 2.21. The van der Waals surface area contributed by atoms with Crippen LogP contribution in [0.15, 0.2) is 35.5 Å². The number of rotatable bonds is 4. The van der Waals surface area contributed by atoms with Crippen molar-refractivity contribution in [2.75, 3.05) is 19.3 Å². The molecule has 0 amide bonds. The molecule has 24 heavy (non-hydrogen) atoms. The molecule has 1 atom stereocenters. The quantitative estimate of drug-likeness (QED) is 0.668. The average molecular weight is 340 g/mol.